The van der Waals surface area contributed by atoms with Crippen molar-refractivity contribution in [3.63, 3.8) is 0 Å². The van der Waals surface area contributed by atoms with Crippen LogP contribution in [0.2, 0.25) is 0 Å². The van der Waals surface area contributed by atoms with Crippen LogP contribution in [0.15, 0.2) is 42.5 Å². The molecule has 0 amide bonds. The molecule has 0 saturated heterocycles. The van der Waals surface area contributed by atoms with Gasteiger partial charge in [-0.2, -0.15) is 0 Å². The van der Waals surface area contributed by atoms with Gasteiger partial charge in [-0.3, -0.25) is 0 Å². The second-order valence-electron chi connectivity index (χ2n) is 5.63. The van der Waals surface area contributed by atoms with Crippen LogP contribution in [0.5, 0.6) is 17.2 Å². The Morgan fingerprint density at radius 1 is 1.04 bits per heavy atom. The predicted molar refractivity (Wildman–Crippen MR) is 88.9 cm³/mol. The Balaban J connectivity index is 1.85. The highest BCUT2D eigenvalue weighted by molar-refractivity contribution is 5.41. The van der Waals surface area contributed by atoms with E-state index >= 15 is 0 Å². The van der Waals surface area contributed by atoms with Gasteiger partial charge in [-0.05, 0) is 48.7 Å². The minimum Gasteiger partial charge on any atom is -0.504 e. The van der Waals surface area contributed by atoms with E-state index in [0.717, 1.165) is 12.2 Å². The molecule has 124 valence electrons. The molecule has 2 aromatic carbocycles. The fraction of sp³-hybridized carbons (Fsp3) is 0.333. The third-order valence-electron chi connectivity index (χ3n) is 3.74. The molecule has 0 radical (unpaired) electrons. The molecule has 0 heterocycles. The molecule has 2 rings (SSSR count). The predicted octanol–water partition coefficient (Wildman–Crippen LogP) is 2.36. The van der Waals surface area contributed by atoms with E-state index in [-0.39, 0.29) is 17.5 Å². The van der Waals surface area contributed by atoms with Crippen LogP contribution >= 0.6 is 0 Å². The second-order valence-corrected chi connectivity index (χ2v) is 5.63. The van der Waals surface area contributed by atoms with Gasteiger partial charge in [-0.1, -0.05) is 18.2 Å². The SMILES string of the molecule is COc1ccc(CC(C)NCC(O)c2ccc(O)c(O)c2)cc1. The monoisotopic (exact) mass is 317 g/mol. The molecular formula is C18H23NO4. The van der Waals surface area contributed by atoms with Crippen molar-refractivity contribution in [2.45, 2.75) is 25.5 Å². The van der Waals surface area contributed by atoms with Crippen LogP contribution in [0.1, 0.15) is 24.2 Å². The van der Waals surface area contributed by atoms with Gasteiger partial charge in [0.05, 0.1) is 13.2 Å². The smallest absolute Gasteiger partial charge is 0.157 e. The quantitative estimate of drug-likeness (QED) is 0.589. The normalized spacial score (nSPS) is 13.5. The van der Waals surface area contributed by atoms with Crippen LogP contribution in [0.25, 0.3) is 0 Å². The van der Waals surface area contributed by atoms with Crippen molar-refractivity contribution >= 4 is 0 Å². The summed E-state index contributed by atoms with van der Waals surface area (Å²) in [6, 6.07) is 12.4. The molecule has 0 aliphatic rings. The van der Waals surface area contributed by atoms with Crippen LogP contribution in [-0.2, 0) is 6.42 Å². The maximum Gasteiger partial charge on any atom is 0.157 e. The third kappa shape index (κ3) is 4.87. The zero-order valence-electron chi connectivity index (χ0n) is 13.4. The molecular weight excluding hydrogens is 294 g/mol. The van der Waals surface area contributed by atoms with Crippen molar-refractivity contribution in [1.82, 2.24) is 5.32 Å². The number of phenols is 2. The summed E-state index contributed by atoms with van der Waals surface area (Å²) >= 11 is 0. The van der Waals surface area contributed by atoms with Gasteiger partial charge in [0.2, 0.25) is 0 Å². The van der Waals surface area contributed by atoms with E-state index in [1.165, 1.54) is 17.7 Å². The van der Waals surface area contributed by atoms with E-state index in [9.17, 15) is 15.3 Å². The molecule has 0 aliphatic carbocycles. The Morgan fingerprint density at radius 3 is 2.35 bits per heavy atom. The van der Waals surface area contributed by atoms with Crippen molar-refractivity contribution in [2.24, 2.45) is 0 Å². The number of phenolic OH excluding ortho intramolecular Hbond substituents is 2. The first-order valence-corrected chi connectivity index (χ1v) is 7.56. The summed E-state index contributed by atoms with van der Waals surface area (Å²) in [6.45, 7) is 2.41. The summed E-state index contributed by atoms with van der Waals surface area (Å²) in [7, 11) is 1.64. The summed E-state index contributed by atoms with van der Waals surface area (Å²) in [5.41, 5.74) is 1.74. The van der Waals surface area contributed by atoms with Gasteiger partial charge in [-0.15, -0.1) is 0 Å². The van der Waals surface area contributed by atoms with E-state index < -0.39 is 6.10 Å². The minimum atomic E-state index is -0.750. The van der Waals surface area contributed by atoms with E-state index in [4.69, 9.17) is 4.74 Å². The van der Waals surface area contributed by atoms with E-state index in [2.05, 4.69) is 5.32 Å². The summed E-state index contributed by atoms with van der Waals surface area (Å²) in [6.07, 6.45) is 0.0807. The van der Waals surface area contributed by atoms with Gasteiger partial charge < -0.3 is 25.4 Å². The molecule has 5 nitrogen and oxygen atoms in total. The van der Waals surface area contributed by atoms with Crippen LogP contribution in [0.4, 0.5) is 0 Å². The van der Waals surface area contributed by atoms with Crippen LogP contribution < -0.4 is 10.1 Å². The summed E-state index contributed by atoms with van der Waals surface area (Å²) in [5.74, 6) is 0.409. The number of aromatic hydroxyl groups is 2. The van der Waals surface area contributed by atoms with E-state index in [1.807, 2.05) is 31.2 Å². The number of benzene rings is 2. The van der Waals surface area contributed by atoms with Crippen LogP contribution in [0, 0.1) is 0 Å². The number of nitrogens with one attached hydrogen (secondary N) is 1. The first-order valence-electron chi connectivity index (χ1n) is 7.56. The van der Waals surface area contributed by atoms with Gasteiger partial charge in [0.25, 0.3) is 0 Å². The Morgan fingerprint density at radius 2 is 1.74 bits per heavy atom. The second kappa shape index (κ2) is 7.85. The lowest BCUT2D eigenvalue weighted by Crippen LogP contribution is -2.32. The molecule has 0 saturated carbocycles. The third-order valence-corrected chi connectivity index (χ3v) is 3.74. The van der Waals surface area contributed by atoms with Crippen molar-refractivity contribution in [3.8, 4) is 17.2 Å². The zero-order chi connectivity index (χ0) is 16.8. The molecule has 2 aromatic rings. The van der Waals surface area contributed by atoms with Gasteiger partial charge in [0.15, 0.2) is 11.5 Å². The lowest BCUT2D eigenvalue weighted by atomic mass is 10.1. The van der Waals surface area contributed by atoms with Gasteiger partial charge in [0.1, 0.15) is 5.75 Å². The topological polar surface area (TPSA) is 82.0 Å². The van der Waals surface area contributed by atoms with Crippen molar-refractivity contribution in [2.75, 3.05) is 13.7 Å². The van der Waals surface area contributed by atoms with Crippen molar-refractivity contribution in [3.05, 3.63) is 53.6 Å². The molecule has 0 spiro atoms. The average Bonchev–Trinajstić information content (AvgIpc) is 2.56. The molecule has 2 atom stereocenters. The maximum atomic E-state index is 10.1. The molecule has 2 unspecified atom stereocenters. The molecule has 5 heteroatoms. The van der Waals surface area contributed by atoms with E-state index in [1.54, 1.807) is 13.2 Å². The molecule has 0 bridgehead atoms. The highest BCUT2D eigenvalue weighted by atomic mass is 16.5. The Kier molecular flexibility index (Phi) is 5.84. The molecule has 4 N–H and O–H groups in total. The van der Waals surface area contributed by atoms with Gasteiger partial charge in [-0.25, -0.2) is 0 Å². The van der Waals surface area contributed by atoms with Gasteiger partial charge >= 0.3 is 0 Å². The summed E-state index contributed by atoms with van der Waals surface area (Å²) in [4.78, 5) is 0. The fourth-order valence-electron chi connectivity index (χ4n) is 2.37. The molecule has 0 aromatic heterocycles. The van der Waals surface area contributed by atoms with Crippen LogP contribution in [0.3, 0.4) is 0 Å². The number of aliphatic hydroxyl groups excluding tert-OH is 1. The largest absolute Gasteiger partial charge is 0.504 e. The summed E-state index contributed by atoms with van der Waals surface area (Å²) < 4.78 is 5.13. The number of aliphatic hydroxyl groups is 1. The van der Waals surface area contributed by atoms with Crippen molar-refractivity contribution < 1.29 is 20.1 Å². The Labute approximate surface area is 136 Å². The Hall–Kier alpha value is -2.24. The highest BCUT2D eigenvalue weighted by Crippen LogP contribution is 2.27. The maximum absolute atomic E-state index is 10.1. The first-order chi connectivity index (χ1) is 11.0. The first kappa shape index (κ1) is 17.1. The lowest BCUT2D eigenvalue weighted by Gasteiger charge is -2.18. The van der Waals surface area contributed by atoms with E-state index in [0.29, 0.717) is 12.1 Å². The molecule has 23 heavy (non-hydrogen) atoms. The molecule has 0 aliphatic heterocycles. The number of hydrogen-bond acceptors (Lipinski definition) is 5. The zero-order valence-corrected chi connectivity index (χ0v) is 13.4. The standard InChI is InChI=1S/C18H23NO4/c1-12(9-13-3-6-15(23-2)7-4-13)19-11-18(22)14-5-8-16(20)17(21)10-14/h3-8,10,12,18-22H,9,11H2,1-2H3. The summed E-state index contributed by atoms with van der Waals surface area (Å²) in [5, 5.41) is 32.2. The highest BCUT2D eigenvalue weighted by Gasteiger charge is 2.12. The fourth-order valence-corrected chi connectivity index (χ4v) is 2.37. The molecule has 0 fully saturated rings. The Bertz CT molecular complexity index is 627. The van der Waals surface area contributed by atoms with Gasteiger partial charge in [0, 0.05) is 12.6 Å². The number of hydrogen-bond donors (Lipinski definition) is 4. The minimum absolute atomic E-state index is 0.184. The number of ether oxygens (including phenoxy) is 1. The van der Waals surface area contributed by atoms with Crippen LogP contribution in [-0.4, -0.2) is 35.0 Å². The number of rotatable bonds is 7. The lowest BCUT2D eigenvalue weighted by molar-refractivity contribution is 0.170. The average molecular weight is 317 g/mol. The number of methoxy groups -OCH3 is 1. The van der Waals surface area contributed by atoms with Crippen molar-refractivity contribution in [1.29, 1.82) is 0 Å².